The highest BCUT2D eigenvalue weighted by atomic mass is 79.9. The Morgan fingerprint density at radius 3 is 2.55 bits per heavy atom. The van der Waals surface area contributed by atoms with Gasteiger partial charge in [0.2, 0.25) is 0 Å². The van der Waals surface area contributed by atoms with Crippen molar-refractivity contribution in [2.45, 2.75) is 26.4 Å². The van der Waals surface area contributed by atoms with Crippen molar-refractivity contribution in [2.75, 3.05) is 0 Å². The lowest BCUT2D eigenvalue weighted by Gasteiger charge is -2.15. The fraction of sp³-hybridized carbons (Fsp3) is 0.250. The maximum Gasteiger partial charge on any atom is 0.146 e. The van der Waals surface area contributed by atoms with Crippen molar-refractivity contribution < 1.29 is 13.9 Å². The summed E-state index contributed by atoms with van der Waals surface area (Å²) in [7, 11) is 0. The van der Waals surface area contributed by atoms with Gasteiger partial charge in [-0.1, -0.05) is 23.8 Å². The predicted octanol–water partition coefficient (Wildman–Crippen LogP) is 4.62. The van der Waals surface area contributed by atoms with Crippen LogP contribution in [0.5, 0.6) is 0 Å². The van der Waals surface area contributed by atoms with E-state index >= 15 is 0 Å². The van der Waals surface area contributed by atoms with E-state index in [1.165, 1.54) is 6.07 Å². The van der Waals surface area contributed by atoms with E-state index in [4.69, 9.17) is 0 Å². The van der Waals surface area contributed by atoms with Crippen molar-refractivity contribution in [3.8, 4) is 0 Å². The molecule has 2 rings (SSSR count). The Morgan fingerprint density at radius 1 is 1.15 bits per heavy atom. The highest BCUT2D eigenvalue weighted by molar-refractivity contribution is 9.10. The molecule has 1 unspecified atom stereocenters. The summed E-state index contributed by atoms with van der Waals surface area (Å²) >= 11 is 3.01. The van der Waals surface area contributed by atoms with Gasteiger partial charge in [-0.05, 0) is 53.0 Å². The summed E-state index contributed by atoms with van der Waals surface area (Å²) in [6.45, 7) is 3.85. The van der Waals surface area contributed by atoms with Crippen LogP contribution < -0.4 is 0 Å². The third-order valence-corrected chi connectivity index (χ3v) is 3.94. The van der Waals surface area contributed by atoms with Crippen LogP contribution in [0.3, 0.4) is 0 Å². The van der Waals surface area contributed by atoms with Crippen LogP contribution in [0.2, 0.25) is 0 Å². The number of hydrogen-bond donors (Lipinski definition) is 1. The van der Waals surface area contributed by atoms with E-state index in [0.29, 0.717) is 0 Å². The van der Waals surface area contributed by atoms with Crippen LogP contribution in [0, 0.1) is 25.5 Å². The van der Waals surface area contributed by atoms with Crippen LogP contribution in [0.1, 0.15) is 28.4 Å². The molecule has 0 saturated heterocycles. The fourth-order valence-corrected chi connectivity index (χ4v) is 2.52. The summed E-state index contributed by atoms with van der Waals surface area (Å²) in [6.07, 6.45) is -1.04. The van der Waals surface area contributed by atoms with E-state index in [1.807, 2.05) is 32.0 Å². The van der Waals surface area contributed by atoms with Crippen LogP contribution in [0.4, 0.5) is 8.78 Å². The first-order chi connectivity index (χ1) is 9.40. The molecule has 0 saturated carbocycles. The molecule has 0 amide bonds. The average Bonchev–Trinajstić information content (AvgIpc) is 2.39. The zero-order valence-electron chi connectivity index (χ0n) is 11.3. The molecular formula is C16H15BrF2O. The molecular weight excluding hydrogens is 326 g/mol. The predicted molar refractivity (Wildman–Crippen MR) is 78.6 cm³/mol. The second-order valence-corrected chi connectivity index (χ2v) is 5.76. The molecule has 0 aromatic heterocycles. The normalized spacial score (nSPS) is 12.5. The molecule has 20 heavy (non-hydrogen) atoms. The van der Waals surface area contributed by atoms with Gasteiger partial charge >= 0.3 is 0 Å². The maximum absolute atomic E-state index is 13.9. The molecule has 2 aromatic carbocycles. The third-order valence-electron chi connectivity index (χ3n) is 3.33. The van der Waals surface area contributed by atoms with Gasteiger partial charge in [-0.15, -0.1) is 0 Å². The highest BCUT2D eigenvalue weighted by Gasteiger charge is 2.21. The first-order valence-electron chi connectivity index (χ1n) is 6.27. The Balaban J connectivity index is 2.35. The first kappa shape index (κ1) is 15.1. The Bertz CT molecular complexity index is 641. The van der Waals surface area contributed by atoms with E-state index in [0.717, 1.165) is 22.8 Å². The number of benzene rings is 2. The summed E-state index contributed by atoms with van der Waals surface area (Å²) in [5.74, 6) is -1.48. The fourth-order valence-electron chi connectivity index (χ4n) is 2.18. The highest BCUT2D eigenvalue weighted by Crippen LogP contribution is 2.29. The largest absolute Gasteiger partial charge is 0.388 e. The summed E-state index contributed by atoms with van der Waals surface area (Å²) in [5.41, 5.74) is 2.63. The summed E-state index contributed by atoms with van der Waals surface area (Å²) in [4.78, 5) is 0. The van der Waals surface area contributed by atoms with Crippen molar-refractivity contribution in [3.63, 3.8) is 0 Å². The molecule has 1 nitrogen and oxygen atoms in total. The maximum atomic E-state index is 13.9. The second-order valence-electron chi connectivity index (χ2n) is 4.91. The van der Waals surface area contributed by atoms with Crippen LogP contribution >= 0.6 is 15.9 Å². The molecule has 0 radical (unpaired) electrons. The van der Waals surface area contributed by atoms with Crippen LogP contribution in [0.25, 0.3) is 0 Å². The summed E-state index contributed by atoms with van der Waals surface area (Å²) < 4.78 is 27.8. The summed E-state index contributed by atoms with van der Waals surface area (Å²) in [5, 5.41) is 10.2. The van der Waals surface area contributed by atoms with E-state index in [2.05, 4.69) is 15.9 Å². The lowest BCUT2D eigenvalue weighted by molar-refractivity contribution is 0.168. The SMILES string of the molecule is Cc1ccc(C)c(CC(O)c2c(F)ccc(Br)c2F)c1. The van der Waals surface area contributed by atoms with Crippen LogP contribution in [0.15, 0.2) is 34.8 Å². The molecule has 0 heterocycles. The monoisotopic (exact) mass is 340 g/mol. The topological polar surface area (TPSA) is 20.2 Å². The van der Waals surface area contributed by atoms with Crippen molar-refractivity contribution in [1.82, 2.24) is 0 Å². The van der Waals surface area contributed by atoms with Gasteiger partial charge in [-0.3, -0.25) is 0 Å². The number of halogens is 3. The molecule has 106 valence electrons. The third kappa shape index (κ3) is 3.07. The molecule has 0 aliphatic carbocycles. The van der Waals surface area contributed by atoms with Gasteiger partial charge in [-0.25, -0.2) is 8.78 Å². The molecule has 0 aliphatic heterocycles. The van der Waals surface area contributed by atoms with Gasteiger partial charge in [0.25, 0.3) is 0 Å². The number of aliphatic hydroxyl groups excluding tert-OH is 1. The van der Waals surface area contributed by atoms with Gasteiger partial charge in [0.05, 0.1) is 16.1 Å². The quantitative estimate of drug-likeness (QED) is 0.808. The van der Waals surface area contributed by atoms with E-state index in [9.17, 15) is 13.9 Å². The van der Waals surface area contributed by atoms with Crippen molar-refractivity contribution in [3.05, 3.63) is 68.7 Å². The number of rotatable bonds is 3. The zero-order valence-corrected chi connectivity index (χ0v) is 12.8. The minimum absolute atomic E-state index is 0.147. The standard InChI is InChI=1S/C16H15BrF2O/c1-9-3-4-10(2)11(7-9)8-14(20)15-13(18)6-5-12(17)16(15)19/h3-7,14,20H,8H2,1-2H3. The van der Waals surface area contributed by atoms with Gasteiger partial charge in [0, 0.05) is 6.42 Å². The molecule has 1 N–H and O–H groups in total. The minimum atomic E-state index is -1.21. The second kappa shape index (κ2) is 6.02. The number of aliphatic hydroxyl groups is 1. The van der Waals surface area contributed by atoms with Gasteiger partial charge in [0.15, 0.2) is 0 Å². The van der Waals surface area contributed by atoms with Crippen molar-refractivity contribution >= 4 is 15.9 Å². The number of aryl methyl sites for hydroxylation is 2. The molecule has 0 aliphatic rings. The lowest BCUT2D eigenvalue weighted by atomic mass is 9.96. The van der Waals surface area contributed by atoms with Gasteiger partial charge in [-0.2, -0.15) is 0 Å². The Labute approximate surface area is 125 Å². The van der Waals surface area contributed by atoms with Gasteiger partial charge < -0.3 is 5.11 Å². The first-order valence-corrected chi connectivity index (χ1v) is 7.07. The van der Waals surface area contributed by atoms with Crippen LogP contribution in [-0.2, 0) is 6.42 Å². The zero-order chi connectivity index (χ0) is 14.9. The molecule has 0 fully saturated rings. The van der Waals surface area contributed by atoms with E-state index in [1.54, 1.807) is 0 Å². The smallest absolute Gasteiger partial charge is 0.146 e. The Kier molecular flexibility index (Phi) is 4.55. The van der Waals surface area contributed by atoms with Crippen molar-refractivity contribution in [2.24, 2.45) is 0 Å². The van der Waals surface area contributed by atoms with E-state index in [-0.39, 0.29) is 16.5 Å². The molecule has 1 atom stereocenters. The molecule has 0 spiro atoms. The molecule has 0 bridgehead atoms. The van der Waals surface area contributed by atoms with Crippen LogP contribution in [-0.4, -0.2) is 5.11 Å². The van der Waals surface area contributed by atoms with Gasteiger partial charge in [0.1, 0.15) is 11.6 Å². The minimum Gasteiger partial charge on any atom is -0.388 e. The number of hydrogen-bond acceptors (Lipinski definition) is 1. The van der Waals surface area contributed by atoms with E-state index < -0.39 is 17.7 Å². The average molecular weight is 341 g/mol. The molecule has 2 aromatic rings. The molecule has 4 heteroatoms. The lowest BCUT2D eigenvalue weighted by Crippen LogP contribution is -2.09. The Morgan fingerprint density at radius 2 is 1.85 bits per heavy atom. The summed E-state index contributed by atoms with van der Waals surface area (Å²) in [6, 6.07) is 8.26. The Hall–Kier alpha value is -1.26. The van der Waals surface area contributed by atoms with Crippen molar-refractivity contribution in [1.29, 1.82) is 0 Å².